The molecule has 27 heavy (non-hydrogen) atoms. The van der Waals surface area contributed by atoms with Gasteiger partial charge in [0.25, 0.3) is 5.91 Å². The molecule has 4 rings (SSSR count). The predicted molar refractivity (Wildman–Crippen MR) is 99.0 cm³/mol. The molecule has 2 aliphatic rings. The Morgan fingerprint density at radius 2 is 2.04 bits per heavy atom. The number of aromatic nitrogens is 2. The van der Waals surface area contributed by atoms with Crippen LogP contribution in [-0.4, -0.2) is 37.3 Å². The van der Waals surface area contributed by atoms with Crippen molar-refractivity contribution < 1.29 is 17.7 Å². The Balaban J connectivity index is 1.60. The van der Waals surface area contributed by atoms with Gasteiger partial charge in [0.1, 0.15) is 5.54 Å². The largest absolute Gasteiger partial charge is 0.340 e. The van der Waals surface area contributed by atoms with E-state index in [-0.39, 0.29) is 5.91 Å². The van der Waals surface area contributed by atoms with Crippen LogP contribution in [0, 0.1) is 6.92 Å². The van der Waals surface area contributed by atoms with Gasteiger partial charge < -0.3 is 9.84 Å². The summed E-state index contributed by atoms with van der Waals surface area (Å²) in [7, 11) is -3.31. The van der Waals surface area contributed by atoms with E-state index in [1.54, 1.807) is 25.1 Å². The number of rotatable bonds is 4. The summed E-state index contributed by atoms with van der Waals surface area (Å²) in [6, 6.07) is 5.15. The molecule has 2 aromatic rings. The van der Waals surface area contributed by atoms with Gasteiger partial charge in [0.2, 0.25) is 15.9 Å². The summed E-state index contributed by atoms with van der Waals surface area (Å²) in [5, 5.41) is 7.15. The molecule has 0 spiro atoms. The molecule has 0 saturated heterocycles. The van der Waals surface area contributed by atoms with E-state index in [4.69, 9.17) is 4.52 Å². The van der Waals surface area contributed by atoms with Crippen molar-refractivity contribution in [2.75, 3.05) is 17.1 Å². The van der Waals surface area contributed by atoms with Gasteiger partial charge in [-0.15, -0.1) is 0 Å². The highest BCUT2D eigenvalue weighted by atomic mass is 32.2. The van der Waals surface area contributed by atoms with Crippen molar-refractivity contribution in [1.82, 2.24) is 15.5 Å². The summed E-state index contributed by atoms with van der Waals surface area (Å²) in [5.41, 5.74) is 1.42. The SMILES string of the molecule is Cc1nc(C2(NC(=O)c3ccc4c(c3)CCN4S(C)(=O)=O)CCCC2)no1. The van der Waals surface area contributed by atoms with Crippen LogP contribution in [0.3, 0.4) is 0 Å². The lowest BCUT2D eigenvalue weighted by Gasteiger charge is -2.27. The van der Waals surface area contributed by atoms with E-state index >= 15 is 0 Å². The third-order valence-corrected chi connectivity index (χ3v) is 6.54. The molecule has 8 nitrogen and oxygen atoms in total. The molecule has 0 bridgehead atoms. The minimum Gasteiger partial charge on any atom is -0.340 e. The monoisotopic (exact) mass is 390 g/mol. The zero-order chi connectivity index (χ0) is 19.2. The van der Waals surface area contributed by atoms with Crippen molar-refractivity contribution in [3.05, 3.63) is 41.0 Å². The highest BCUT2D eigenvalue weighted by Gasteiger charge is 2.41. The number of fused-ring (bicyclic) bond motifs is 1. The van der Waals surface area contributed by atoms with Gasteiger partial charge in [0.15, 0.2) is 5.82 Å². The van der Waals surface area contributed by atoms with Gasteiger partial charge >= 0.3 is 0 Å². The number of nitrogens with one attached hydrogen (secondary N) is 1. The average Bonchev–Trinajstić information content (AvgIpc) is 3.32. The van der Waals surface area contributed by atoms with E-state index in [0.717, 1.165) is 31.2 Å². The number of sulfonamides is 1. The quantitative estimate of drug-likeness (QED) is 0.855. The van der Waals surface area contributed by atoms with Crippen LogP contribution >= 0.6 is 0 Å². The zero-order valence-corrected chi connectivity index (χ0v) is 16.2. The second kappa shape index (κ2) is 6.33. The number of hydrogen-bond donors (Lipinski definition) is 1. The Morgan fingerprint density at radius 1 is 1.30 bits per heavy atom. The van der Waals surface area contributed by atoms with Gasteiger partial charge in [-0.05, 0) is 43.0 Å². The molecule has 9 heteroatoms. The standard InChI is InChI=1S/C18H22N4O4S/c1-12-19-17(21-26-12)18(8-3-4-9-18)20-16(23)14-5-6-15-13(11-14)7-10-22(15)27(2,24)25/h5-6,11H,3-4,7-10H2,1-2H3,(H,20,23). The van der Waals surface area contributed by atoms with Crippen molar-refractivity contribution in [1.29, 1.82) is 0 Å². The summed E-state index contributed by atoms with van der Waals surface area (Å²) in [6.07, 6.45) is 5.30. The summed E-state index contributed by atoms with van der Waals surface area (Å²) in [6.45, 7) is 2.14. The summed E-state index contributed by atoms with van der Waals surface area (Å²) < 4.78 is 30.2. The first-order valence-corrected chi connectivity index (χ1v) is 10.9. The molecule has 2 heterocycles. The Hall–Kier alpha value is -2.42. The van der Waals surface area contributed by atoms with Crippen LogP contribution in [0.15, 0.2) is 22.7 Å². The van der Waals surface area contributed by atoms with Gasteiger partial charge in [0, 0.05) is 19.0 Å². The van der Waals surface area contributed by atoms with Crippen LogP contribution < -0.4 is 9.62 Å². The van der Waals surface area contributed by atoms with Gasteiger partial charge in [-0.1, -0.05) is 18.0 Å². The molecule has 1 aromatic carbocycles. The molecule has 1 aliphatic heterocycles. The van der Waals surface area contributed by atoms with E-state index < -0.39 is 15.6 Å². The summed E-state index contributed by atoms with van der Waals surface area (Å²) >= 11 is 0. The Labute approximate surface area is 158 Å². The number of amides is 1. The Morgan fingerprint density at radius 3 is 2.67 bits per heavy atom. The third-order valence-electron chi connectivity index (χ3n) is 5.36. The first-order chi connectivity index (χ1) is 12.8. The predicted octanol–water partition coefficient (Wildman–Crippen LogP) is 1.90. The van der Waals surface area contributed by atoms with Crippen LogP contribution in [0.1, 0.15) is 53.3 Å². The minimum atomic E-state index is -3.31. The number of aryl methyl sites for hydroxylation is 1. The number of benzene rings is 1. The molecule has 0 atom stereocenters. The molecule has 1 aromatic heterocycles. The van der Waals surface area contributed by atoms with Crippen molar-refractivity contribution >= 4 is 21.6 Å². The van der Waals surface area contributed by atoms with E-state index in [9.17, 15) is 13.2 Å². The lowest BCUT2D eigenvalue weighted by Crippen LogP contribution is -2.44. The Kier molecular flexibility index (Phi) is 4.21. The average molecular weight is 390 g/mol. The van der Waals surface area contributed by atoms with Crippen LogP contribution in [0.2, 0.25) is 0 Å². The normalized spacial score (nSPS) is 18.5. The van der Waals surface area contributed by atoms with Gasteiger partial charge in [-0.3, -0.25) is 9.10 Å². The number of anilines is 1. The molecule has 1 saturated carbocycles. The second-order valence-electron chi connectivity index (χ2n) is 7.31. The molecule has 144 valence electrons. The second-order valence-corrected chi connectivity index (χ2v) is 9.22. The molecule has 1 amide bonds. The molecule has 1 N–H and O–H groups in total. The molecule has 1 fully saturated rings. The maximum atomic E-state index is 12.9. The molecule has 1 aliphatic carbocycles. The Bertz CT molecular complexity index is 993. The first kappa shape index (κ1) is 18.0. The highest BCUT2D eigenvalue weighted by Crippen LogP contribution is 2.38. The van der Waals surface area contributed by atoms with Crippen LogP contribution in [0.4, 0.5) is 5.69 Å². The van der Waals surface area contributed by atoms with Crippen LogP contribution in [0.25, 0.3) is 0 Å². The zero-order valence-electron chi connectivity index (χ0n) is 15.4. The fourth-order valence-electron chi connectivity index (χ4n) is 4.02. The lowest BCUT2D eigenvalue weighted by molar-refractivity contribution is 0.0892. The van der Waals surface area contributed by atoms with Crippen molar-refractivity contribution in [2.24, 2.45) is 0 Å². The van der Waals surface area contributed by atoms with Gasteiger partial charge in [-0.2, -0.15) is 4.98 Å². The highest BCUT2D eigenvalue weighted by molar-refractivity contribution is 7.92. The number of hydrogen-bond acceptors (Lipinski definition) is 6. The van der Waals surface area contributed by atoms with Crippen LogP contribution in [-0.2, 0) is 22.0 Å². The minimum absolute atomic E-state index is 0.208. The van der Waals surface area contributed by atoms with E-state index in [1.165, 1.54) is 10.6 Å². The van der Waals surface area contributed by atoms with Crippen molar-refractivity contribution in [3.8, 4) is 0 Å². The lowest BCUT2D eigenvalue weighted by atomic mass is 9.95. The molecule has 0 unspecified atom stereocenters. The summed E-state index contributed by atoms with van der Waals surface area (Å²) in [4.78, 5) is 17.3. The fourth-order valence-corrected chi connectivity index (χ4v) is 4.98. The van der Waals surface area contributed by atoms with Crippen molar-refractivity contribution in [3.63, 3.8) is 0 Å². The fraction of sp³-hybridized carbons (Fsp3) is 0.500. The van der Waals surface area contributed by atoms with Crippen molar-refractivity contribution in [2.45, 2.75) is 44.6 Å². The maximum absolute atomic E-state index is 12.9. The maximum Gasteiger partial charge on any atom is 0.252 e. The summed E-state index contributed by atoms with van der Waals surface area (Å²) in [5.74, 6) is 0.791. The first-order valence-electron chi connectivity index (χ1n) is 9.02. The van der Waals surface area contributed by atoms with E-state index in [0.29, 0.717) is 35.9 Å². The number of carbonyl (C=O) groups excluding carboxylic acids is 1. The van der Waals surface area contributed by atoms with E-state index in [1.807, 2.05) is 0 Å². The molecular formula is C18H22N4O4S. The van der Waals surface area contributed by atoms with Gasteiger partial charge in [-0.25, -0.2) is 8.42 Å². The topological polar surface area (TPSA) is 105 Å². The van der Waals surface area contributed by atoms with E-state index in [2.05, 4.69) is 15.5 Å². The van der Waals surface area contributed by atoms with Gasteiger partial charge in [0.05, 0.1) is 11.9 Å². The third kappa shape index (κ3) is 3.20. The van der Waals surface area contributed by atoms with Crippen LogP contribution in [0.5, 0.6) is 0 Å². The number of carbonyl (C=O) groups is 1. The number of nitrogens with zero attached hydrogens (tertiary/aromatic N) is 3. The molecule has 0 radical (unpaired) electrons. The molecular weight excluding hydrogens is 368 g/mol. The smallest absolute Gasteiger partial charge is 0.252 e.